The van der Waals surface area contributed by atoms with Gasteiger partial charge in [0.2, 0.25) is 0 Å². The van der Waals surface area contributed by atoms with Gasteiger partial charge >= 0.3 is 0 Å². The van der Waals surface area contributed by atoms with Gasteiger partial charge in [0, 0.05) is 24.5 Å². The molecule has 0 radical (unpaired) electrons. The number of rotatable bonds is 2. The molecule has 1 N–H and O–H groups in total. The Morgan fingerprint density at radius 2 is 1.78 bits per heavy atom. The first-order valence-corrected chi connectivity index (χ1v) is 5.85. The molecule has 0 saturated carbocycles. The third-order valence-electron chi connectivity index (χ3n) is 2.71. The molecule has 2 aromatic rings. The van der Waals surface area contributed by atoms with E-state index in [0.29, 0.717) is 5.69 Å². The van der Waals surface area contributed by atoms with Crippen LogP contribution in [0.15, 0.2) is 24.4 Å². The third kappa shape index (κ3) is 2.59. The van der Waals surface area contributed by atoms with E-state index >= 15 is 0 Å². The van der Waals surface area contributed by atoms with Crippen LogP contribution in [0, 0.1) is 20.8 Å². The standard InChI is InChI=1S/C14H17N3O/c1-9-5-10(2)7-12(6-9)15-14(18)13-11(3)8-17(4)16-13/h5-8H,1-4H3,(H,15,18). The van der Waals surface area contributed by atoms with Gasteiger partial charge in [-0.05, 0) is 44.0 Å². The van der Waals surface area contributed by atoms with Gasteiger partial charge in [0.25, 0.3) is 5.91 Å². The van der Waals surface area contributed by atoms with E-state index in [1.165, 1.54) is 0 Å². The van der Waals surface area contributed by atoms with Gasteiger partial charge in [0.15, 0.2) is 5.69 Å². The summed E-state index contributed by atoms with van der Waals surface area (Å²) < 4.78 is 1.64. The van der Waals surface area contributed by atoms with Gasteiger partial charge in [0.1, 0.15) is 0 Å². The lowest BCUT2D eigenvalue weighted by atomic mass is 10.1. The molecule has 0 bridgehead atoms. The SMILES string of the molecule is Cc1cc(C)cc(NC(=O)c2nn(C)cc2C)c1. The molecule has 0 aliphatic heterocycles. The van der Waals surface area contributed by atoms with Crippen LogP contribution in [0.1, 0.15) is 27.2 Å². The Balaban J connectivity index is 2.23. The number of hydrogen-bond acceptors (Lipinski definition) is 2. The minimum atomic E-state index is -0.168. The van der Waals surface area contributed by atoms with Gasteiger partial charge in [-0.1, -0.05) is 6.07 Å². The van der Waals surface area contributed by atoms with Crippen molar-refractivity contribution in [1.29, 1.82) is 0 Å². The molecule has 4 heteroatoms. The number of carbonyl (C=O) groups is 1. The van der Waals surface area contributed by atoms with E-state index in [1.807, 2.05) is 39.1 Å². The molecule has 0 aliphatic rings. The summed E-state index contributed by atoms with van der Waals surface area (Å²) in [5, 5.41) is 7.04. The largest absolute Gasteiger partial charge is 0.321 e. The van der Waals surface area contributed by atoms with E-state index in [9.17, 15) is 4.79 Å². The maximum Gasteiger partial charge on any atom is 0.276 e. The Bertz CT molecular complexity index is 579. The fraction of sp³-hybridized carbons (Fsp3) is 0.286. The Kier molecular flexibility index (Phi) is 3.19. The van der Waals surface area contributed by atoms with Crippen LogP contribution in [0.25, 0.3) is 0 Å². The molecule has 1 heterocycles. The Morgan fingerprint density at radius 1 is 1.17 bits per heavy atom. The monoisotopic (exact) mass is 243 g/mol. The van der Waals surface area contributed by atoms with Crippen LogP contribution in [-0.2, 0) is 7.05 Å². The minimum Gasteiger partial charge on any atom is -0.321 e. The van der Waals surface area contributed by atoms with Crippen molar-refractivity contribution < 1.29 is 4.79 Å². The molecule has 0 unspecified atom stereocenters. The topological polar surface area (TPSA) is 46.9 Å². The van der Waals surface area contributed by atoms with Gasteiger partial charge in [-0.3, -0.25) is 9.48 Å². The zero-order valence-electron chi connectivity index (χ0n) is 11.1. The van der Waals surface area contributed by atoms with Crippen molar-refractivity contribution in [3.05, 3.63) is 46.8 Å². The first-order valence-electron chi connectivity index (χ1n) is 5.85. The van der Waals surface area contributed by atoms with Crippen LogP contribution >= 0.6 is 0 Å². The third-order valence-corrected chi connectivity index (χ3v) is 2.71. The highest BCUT2D eigenvalue weighted by molar-refractivity contribution is 6.03. The average molecular weight is 243 g/mol. The summed E-state index contributed by atoms with van der Waals surface area (Å²) in [5.41, 5.74) is 4.41. The van der Waals surface area contributed by atoms with Gasteiger partial charge in [0.05, 0.1) is 0 Å². The number of nitrogens with one attached hydrogen (secondary N) is 1. The van der Waals surface area contributed by atoms with Gasteiger partial charge in [-0.2, -0.15) is 5.10 Å². The number of aryl methyl sites for hydroxylation is 4. The molecule has 0 saturated heterocycles. The van der Waals surface area contributed by atoms with E-state index in [2.05, 4.69) is 16.5 Å². The molecule has 94 valence electrons. The molecule has 0 spiro atoms. The number of carbonyl (C=O) groups excluding carboxylic acids is 1. The highest BCUT2D eigenvalue weighted by atomic mass is 16.1. The predicted octanol–water partition coefficient (Wildman–Crippen LogP) is 2.60. The van der Waals surface area contributed by atoms with Crippen molar-refractivity contribution in [3.63, 3.8) is 0 Å². The second-order valence-corrected chi connectivity index (χ2v) is 4.66. The molecular weight excluding hydrogens is 226 g/mol. The Hall–Kier alpha value is -2.10. The molecule has 1 aromatic heterocycles. The second-order valence-electron chi connectivity index (χ2n) is 4.66. The number of hydrogen-bond donors (Lipinski definition) is 1. The normalized spacial score (nSPS) is 10.4. The lowest BCUT2D eigenvalue weighted by molar-refractivity contribution is 0.102. The number of benzene rings is 1. The summed E-state index contributed by atoms with van der Waals surface area (Å²) in [6.45, 7) is 5.90. The van der Waals surface area contributed by atoms with Gasteiger partial charge in [-0.15, -0.1) is 0 Å². The predicted molar refractivity (Wildman–Crippen MR) is 71.8 cm³/mol. The quantitative estimate of drug-likeness (QED) is 0.881. The van der Waals surface area contributed by atoms with Crippen LogP contribution < -0.4 is 5.32 Å². The summed E-state index contributed by atoms with van der Waals surface area (Å²) in [6, 6.07) is 5.97. The van der Waals surface area contributed by atoms with E-state index in [1.54, 1.807) is 11.7 Å². The van der Waals surface area contributed by atoms with E-state index in [0.717, 1.165) is 22.4 Å². The summed E-state index contributed by atoms with van der Waals surface area (Å²) in [6.07, 6.45) is 1.83. The summed E-state index contributed by atoms with van der Waals surface area (Å²) >= 11 is 0. The van der Waals surface area contributed by atoms with Crippen LogP contribution in [0.4, 0.5) is 5.69 Å². The van der Waals surface area contributed by atoms with Crippen molar-refractivity contribution in [3.8, 4) is 0 Å². The molecular formula is C14H17N3O. The molecule has 0 aliphatic carbocycles. The zero-order chi connectivity index (χ0) is 13.3. The van der Waals surface area contributed by atoms with Crippen molar-refractivity contribution in [2.75, 3.05) is 5.32 Å². The Morgan fingerprint density at radius 3 is 2.28 bits per heavy atom. The molecule has 4 nitrogen and oxygen atoms in total. The first-order chi connectivity index (χ1) is 8.45. The van der Waals surface area contributed by atoms with Crippen molar-refractivity contribution >= 4 is 11.6 Å². The van der Waals surface area contributed by atoms with Crippen molar-refractivity contribution in [2.24, 2.45) is 7.05 Å². The highest BCUT2D eigenvalue weighted by Gasteiger charge is 2.13. The van der Waals surface area contributed by atoms with Crippen molar-refractivity contribution in [2.45, 2.75) is 20.8 Å². The number of nitrogens with zero attached hydrogens (tertiary/aromatic N) is 2. The lowest BCUT2D eigenvalue weighted by Gasteiger charge is -2.06. The molecule has 1 amide bonds. The molecule has 1 aromatic carbocycles. The highest BCUT2D eigenvalue weighted by Crippen LogP contribution is 2.15. The van der Waals surface area contributed by atoms with Crippen LogP contribution in [0.3, 0.4) is 0 Å². The van der Waals surface area contributed by atoms with Crippen LogP contribution in [0.2, 0.25) is 0 Å². The fourth-order valence-electron chi connectivity index (χ4n) is 2.07. The Labute approximate surface area is 107 Å². The van der Waals surface area contributed by atoms with E-state index in [-0.39, 0.29) is 5.91 Å². The van der Waals surface area contributed by atoms with E-state index in [4.69, 9.17) is 0 Å². The van der Waals surface area contributed by atoms with Crippen LogP contribution in [0.5, 0.6) is 0 Å². The first kappa shape index (κ1) is 12.4. The average Bonchev–Trinajstić information content (AvgIpc) is 2.56. The molecule has 2 rings (SSSR count). The van der Waals surface area contributed by atoms with Gasteiger partial charge in [-0.25, -0.2) is 0 Å². The zero-order valence-corrected chi connectivity index (χ0v) is 11.1. The summed E-state index contributed by atoms with van der Waals surface area (Å²) in [7, 11) is 1.81. The van der Waals surface area contributed by atoms with E-state index < -0.39 is 0 Å². The second kappa shape index (κ2) is 4.64. The molecule has 18 heavy (non-hydrogen) atoms. The summed E-state index contributed by atoms with van der Waals surface area (Å²) in [5.74, 6) is -0.168. The maximum absolute atomic E-state index is 12.1. The molecule has 0 atom stereocenters. The number of anilines is 1. The minimum absolute atomic E-state index is 0.168. The summed E-state index contributed by atoms with van der Waals surface area (Å²) in [4.78, 5) is 12.1. The molecule has 0 fully saturated rings. The number of amides is 1. The maximum atomic E-state index is 12.1. The lowest BCUT2D eigenvalue weighted by Crippen LogP contribution is -2.14. The van der Waals surface area contributed by atoms with Crippen LogP contribution in [-0.4, -0.2) is 15.7 Å². The smallest absolute Gasteiger partial charge is 0.276 e. The van der Waals surface area contributed by atoms with Gasteiger partial charge < -0.3 is 5.32 Å². The van der Waals surface area contributed by atoms with Crippen molar-refractivity contribution in [1.82, 2.24) is 9.78 Å². The number of aromatic nitrogens is 2. The fourth-order valence-corrected chi connectivity index (χ4v) is 2.07.